The van der Waals surface area contributed by atoms with Gasteiger partial charge in [0.1, 0.15) is 0 Å². The van der Waals surface area contributed by atoms with Gasteiger partial charge in [-0.3, -0.25) is 9.59 Å². The summed E-state index contributed by atoms with van der Waals surface area (Å²) in [6.07, 6.45) is 4.62. The second-order valence-electron chi connectivity index (χ2n) is 5.94. The Balaban J connectivity index is 1.82. The van der Waals surface area contributed by atoms with Crippen LogP contribution in [0.5, 0.6) is 0 Å². The number of benzene rings is 2. The van der Waals surface area contributed by atoms with Crippen LogP contribution in [0.15, 0.2) is 60.7 Å². The number of rotatable bonds is 4. The summed E-state index contributed by atoms with van der Waals surface area (Å²) in [4.78, 5) is 24.1. The Morgan fingerprint density at radius 2 is 1.33 bits per heavy atom. The molecule has 1 aliphatic rings. The summed E-state index contributed by atoms with van der Waals surface area (Å²) >= 11 is 5.89. The molecule has 0 amide bonds. The molecule has 24 heavy (non-hydrogen) atoms. The van der Waals surface area contributed by atoms with E-state index in [2.05, 4.69) is 0 Å². The summed E-state index contributed by atoms with van der Waals surface area (Å²) in [6, 6.07) is 14.8. The SMILES string of the molecule is O=C(O)[C@H]1CC=CC[C@@H]1C(=O)c1ccc(-c2ccc(Cl)cc2)cc1. The van der Waals surface area contributed by atoms with Crippen LogP contribution in [0.1, 0.15) is 23.2 Å². The minimum atomic E-state index is -0.907. The van der Waals surface area contributed by atoms with Gasteiger partial charge in [0.25, 0.3) is 0 Å². The molecule has 2 aromatic carbocycles. The van der Waals surface area contributed by atoms with Crippen LogP contribution < -0.4 is 0 Å². The molecule has 2 aromatic rings. The van der Waals surface area contributed by atoms with Crippen LogP contribution in [0.4, 0.5) is 0 Å². The molecular weight excluding hydrogens is 324 g/mol. The standard InChI is InChI=1S/C20H17ClO3/c21-16-11-9-14(10-12-16)13-5-7-15(8-6-13)19(22)17-3-1-2-4-18(17)20(23)24/h1-2,5-12,17-18H,3-4H2,(H,23,24)/t17-,18-/m0/s1. The third kappa shape index (κ3) is 3.41. The van der Waals surface area contributed by atoms with Gasteiger partial charge in [-0.15, -0.1) is 0 Å². The van der Waals surface area contributed by atoms with Crippen molar-refractivity contribution in [1.29, 1.82) is 0 Å². The molecule has 0 bridgehead atoms. The van der Waals surface area contributed by atoms with E-state index in [1.807, 2.05) is 48.6 Å². The van der Waals surface area contributed by atoms with Crippen LogP contribution in [0.3, 0.4) is 0 Å². The number of hydrogen-bond acceptors (Lipinski definition) is 2. The van der Waals surface area contributed by atoms with Gasteiger partial charge in [-0.1, -0.05) is 60.2 Å². The van der Waals surface area contributed by atoms with Gasteiger partial charge in [0.05, 0.1) is 5.92 Å². The van der Waals surface area contributed by atoms with Crippen LogP contribution in [0, 0.1) is 11.8 Å². The van der Waals surface area contributed by atoms with Gasteiger partial charge in [-0.05, 0) is 36.1 Å². The summed E-state index contributed by atoms with van der Waals surface area (Å²) in [7, 11) is 0. The van der Waals surface area contributed by atoms with Crippen LogP contribution in [-0.2, 0) is 4.79 Å². The minimum absolute atomic E-state index is 0.102. The largest absolute Gasteiger partial charge is 0.481 e. The van der Waals surface area contributed by atoms with E-state index in [0.29, 0.717) is 23.4 Å². The normalized spacial score (nSPS) is 19.9. The lowest BCUT2D eigenvalue weighted by Gasteiger charge is -2.24. The average Bonchev–Trinajstić information content (AvgIpc) is 2.62. The van der Waals surface area contributed by atoms with E-state index < -0.39 is 17.8 Å². The topological polar surface area (TPSA) is 54.4 Å². The highest BCUT2D eigenvalue weighted by Gasteiger charge is 2.34. The minimum Gasteiger partial charge on any atom is -0.481 e. The summed E-state index contributed by atoms with van der Waals surface area (Å²) < 4.78 is 0. The number of carbonyl (C=O) groups is 2. The first kappa shape index (κ1) is 16.5. The van der Waals surface area contributed by atoms with E-state index in [-0.39, 0.29) is 5.78 Å². The van der Waals surface area contributed by atoms with Crippen molar-refractivity contribution in [2.24, 2.45) is 11.8 Å². The van der Waals surface area contributed by atoms with Gasteiger partial charge in [0.15, 0.2) is 5.78 Å². The molecule has 0 aromatic heterocycles. The Morgan fingerprint density at radius 3 is 1.88 bits per heavy atom. The van der Waals surface area contributed by atoms with Crippen LogP contribution in [0.25, 0.3) is 11.1 Å². The van der Waals surface area contributed by atoms with Crippen molar-refractivity contribution in [2.75, 3.05) is 0 Å². The molecule has 2 atom stereocenters. The zero-order chi connectivity index (χ0) is 17.1. The quantitative estimate of drug-likeness (QED) is 0.639. The zero-order valence-electron chi connectivity index (χ0n) is 13.0. The van der Waals surface area contributed by atoms with E-state index in [0.717, 1.165) is 11.1 Å². The van der Waals surface area contributed by atoms with Crippen molar-refractivity contribution in [3.63, 3.8) is 0 Å². The molecular formula is C20H17ClO3. The van der Waals surface area contributed by atoms with Gasteiger partial charge in [0, 0.05) is 16.5 Å². The molecule has 0 spiro atoms. The Morgan fingerprint density at radius 1 is 0.833 bits per heavy atom. The first-order valence-electron chi connectivity index (χ1n) is 7.84. The molecule has 1 N–H and O–H groups in total. The molecule has 0 fully saturated rings. The fourth-order valence-corrected chi connectivity index (χ4v) is 3.19. The Labute approximate surface area is 145 Å². The van der Waals surface area contributed by atoms with Crippen molar-refractivity contribution in [3.8, 4) is 11.1 Å². The zero-order valence-corrected chi connectivity index (χ0v) is 13.7. The monoisotopic (exact) mass is 340 g/mol. The lowest BCUT2D eigenvalue weighted by molar-refractivity contribution is -0.143. The van der Waals surface area contributed by atoms with Gasteiger partial charge >= 0.3 is 5.97 Å². The second kappa shape index (κ2) is 7.02. The maximum absolute atomic E-state index is 12.7. The first-order valence-corrected chi connectivity index (χ1v) is 8.22. The third-order valence-electron chi connectivity index (χ3n) is 4.43. The number of ketones is 1. The number of carboxylic acids is 1. The van der Waals surface area contributed by atoms with Crippen molar-refractivity contribution in [3.05, 3.63) is 71.3 Å². The highest BCUT2D eigenvalue weighted by Crippen LogP contribution is 2.30. The lowest BCUT2D eigenvalue weighted by atomic mass is 9.78. The first-order chi connectivity index (χ1) is 11.6. The number of carbonyl (C=O) groups excluding carboxylic acids is 1. The highest BCUT2D eigenvalue weighted by atomic mass is 35.5. The molecule has 1 aliphatic carbocycles. The Hall–Kier alpha value is -2.39. The van der Waals surface area contributed by atoms with Crippen molar-refractivity contribution in [2.45, 2.75) is 12.8 Å². The van der Waals surface area contributed by atoms with E-state index >= 15 is 0 Å². The number of carboxylic acid groups (broad SMARTS) is 1. The van der Waals surface area contributed by atoms with Crippen molar-refractivity contribution >= 4 is 23.4 Å². The van der Waals surface area contributed by atoms with Crippen molar-refractivity contribution in [1.82, 2.24) is 0 Å². The predicted molar refractivity (Wildman–Crippen MR) is 94.2 cm³/mol. The molecule has 0 saturated heterocycles. The summed E-state index contributed by atoms with van der Waals surface area (Å²) in [5.41, 5.74) is 2.56. The Kier molecular flexibility index (Phi) is 4.81. The van der Waals surface area contributed by atoms with Gasteiger partial charge in [0.2, 0.25) is 0 Å². The average molecular weight is 341 g/mol. The molecule has 3 rings (SSSR count). The maximum atomic E-state index is 12.7. The van der Waals surface area contributed by atoms with E-state index in [4.69, 9.17) is 11.6 Å². The van der Waals surface area contributed by atoms with Crippen LogP contribution in [-0.4, -0.2) is 16.9 Å². The highest BCUT2D eigenvalue weighted by molar-refractivity contribution is 6.30. The van der Waals surface area contributed by atoms with Gasteiger partial charge in [-0.2, -0.15) is 0 Å². The summed E-state index contributed by atoms with van der Waals surface area (Å²) in [6.45, 7) is 0. The predicted octanol–water partition coefficient (Wildman–Crippen LogP) is 4.86. The molecule has 122 valence electrons. The number of hydrogen-bond donors (Lipinski definition) is 1. The second-order valence-corrected chi connectivity index (χ2v) is 6.38. The molecule has 0 heterocycles. The lowest BCUT2D eigenvalue weighted by Crippen LogP contribution is -2.31. The van der Waals surface area contributed by atoms with Gasteiger partial charge < -0.3 is 5.11 Å². The summed E-state index contributed by atoms with van der Waals surface area (Å²) in [5, 5.41) is 10.00. The number of halogens is 1. The third-order valence-corrected chi connectivity index (χ3v) is 4.69. The van der Waals surface area contributed by atoms with E-state index in [1.54, 1.807) is 12.1 Å². The number of aliphatic carboxylic acids is 1. The molecule has 0 aliphatic heterocycles. The van der Waals surface area contributed by atoms with E-state index in [9.17, 15) is 14.7 Å². The van der Waals surface area contributed by atoms with Crippen LogP contribution >= 0.6 is 11.6 Å². The van der Waals surface area contributed by atoms with Gasteiger partial charge in [-0.25, -0.2) is 0 Å². The molecule has 4 heteroatoms. The summed E-state index contributed by atoms with van der Waals surface area (Å²) in [5.74, 6) is -2.14. The molecule has 3 nitrogen and oxygen atoms in total. The number of Topliss-reactive ketones (excluding diaryl/α,β-unsaturated/α-hetero) is 1. The smallest absolute Gasteiger partial charge is 0.307 e. The maximum Gasteiger partial charge on any atom is 0.307 e. The molecule has 0 saturated carbocycles. The van der Waals surface area contributed by atoms with E-state index in [1.165, 1.54) is 0 Å². The molecule has 0 unspecified atom stereocenters. The Bertz CT molecular complexity index is 776. The fraction of sp³-hybridized carbons (Fsp3) is 0.200. The fourth-order valence-electron chi connectivity index (χ4n) is 3.06. The van der Waals surface area contributed by atoms with Crippen LogP contribution in [0.2, 0.25) is 5.02 Å². The molecule has 0 radical (unpaired) electrons. The number of allylic oxidation sites excluding steroid dienone is 2. The van der Waals surface area contributed by atoms with Crippen molar-refractivity contribution < 1.29 is 14.7 Å².